The van der Waals surface area contributed by atoms with E-state index in [2.05, 4.69) is 6.92 Å². The first-order valence-electron chi connectivity index (χ1n) is 10.8. The Balaban J connectivity index is 1.82. The number of methoxy groups -OCH3 is 1. The minimum Gasteiger partial charge on any atom is -0.494 e. The Labute approximate surface area is 191 Å². The normalized spacial score (nSPS) is 15.4. The standard InChI is InChI=1S/C25H26ClNO5/c1-4-5-11-31-17-8-6-16(7-9-17)22-21-23(28)18-14-19(26)15(2)13-20(18)32-24(21)25(29)27(22)10-12-30-3/h6-9,13-14,22H,4-5,10-12H2,1-3H3. The third-order valence-corrected chi connectivity index (χ3v) is 6.15. The van der Waals surface area contributed by atoms with Crippen molar-refractivity contribution in [1.29, 1.82) is 0 Å². The Morgan fingerprint density at radius 1 is 1.12 bits per heavy atom. The summed E-state index contributed by atoms with van der Waals surface area (Å²) in [5.74, 6) is 0.508. The quantitative estimate of drug-likeness (QED) is 0.440. The van der Waals surface area contributed by atoms with Crippen molar-refractivity contribution in [2.45, 2.75) is 32.7 Å². The Morgan fingerprint density at radius 3 is 2.56 bits per heavy atom. The molecule has 1 aliphatic heterocycles. The van der Waals surface area contributed by atoms with E-state index in [9.17, 15) is 9.59 Å². The molecule has 2 aromatic carbocycles. The Morgan fingerprint density at radius 2 is 1.88 bits per heavy atom. The van der Waals surface area contributed by atoms with Gasteiger partial charge in [-0.05, 0) is 48.7 Å². The Hall–Kier alpha value is -2.83. The summed E-state index contributed by atoms with van der Waals surface area (Å²) in [5.41, 5.74) is 2.03. The number of hydrogen-bond donors (Lipinski definition) is 0. The number of carbonyl (C=O) groups is 1. The van der Waals surface area contributed by atoms with E-state index < -0.39 is 6.04 Å². The molecule has 1 atom stereocenters. The highest BCUT2D eigenvalue weighted by molar-refractivity contribution is 6.32. The van der Waals surface area contributed by atoms with Crippen LogP contribution >= 0.6 is 11.6 Å². The summed E-state index contributed by atoms with van der Waals surface area (Å²) in [6.07, 6.45) is 2.04. The summed E-state index contributed by atoms with van der Waals surface area (Å²) in [4.78, 5) is 28.4. The van der Waals surface area contributed by atoms with Crippen LogP contribution in [0.4, 0.5) is 0 Å². The molecule has 0 fully saturated rings. The fourth-order valence-electron chi connectivity index (χ4n) is 3.99. The summed E-state index contributed by atoms with van der Waals surface area (Å²) in [6, 6.07) is 10.2. The average molecular weight is 456 g/mol. The van der Waals surface area contributed by atoms with Gasteiger partial charge in [0.05, 0.1) is 30.2 Å². The summed E-state index contributed by atoms with van der Waals surface area (Å²) >= 11 is 6.27. The van der Waals surface area contributed by atoms with E-state index in [-0.39, 0.29) is 17.1 Å². The minimum atomic E-state index is -0.571. The third kappa shape index (κ3) is 4.00. The van der Waals surface area contributed by atoms with Crippen molar-refractivity contribution >= 4 is 28.5 Å². The van der Waals surface area contributed by atoms with E-state index in [1.807, 2.05) is 31.2 Å². The maximum Gasteiger partial charge on any atom is 0.290 e. The molecule has 0 radical (unpaired) electrons. The van der Waals surface area contributed by atoms with Gasteiger partial charge < -0.3 is 18.8 Å². The van der Waals surface area contributed by atoms with Gasteiger partial charge in [-0.3, -0.25) is 9.59 Å². The first kappa shape index (κ1) is 22.4. The first-order valence-corrected chi connectivity index (χ1v) is 11.1. The number of carbonyl (C=O) groups excluding carboxylic acids is 1. The number of ether oxygens (including phenoxy) is 2. The molecule has 3 aromatic rings. The number of unbranched alkanes of at least 4 members (excludes halogenated alkanes) is 1. The highest BCUT2D eigenvalue weighted by Gasteiger charge is 2.42. The smallest absolute Gasteiger partial charge is 0.290 e. The highest BCUT2D eigenvalue weighted by atomic mass is 35.5. The van der Waals surface area contributed by atoms with Gasteiger partial charge in [-0.1, -0.05) is 37.1 Å². The molecular weight excluding hydrogens is 430 g/mol. The minimum absolute atomic E-state index is 0.0774. The van der Waals surface area contributed by atoms with Gasteiger partial charge in [-0.15, -0.1) is 0 Å². The average Bonchev–Trinajstić information content (AvgIpc) is 3.06. The summed E-state index contributed by atoms with van der Waals surface area (Å²) < 4.78 is 16.9. The molecule has 2 heterocycles. The van der Waals surface area contributed by atoms with Crippen LogP contribution in [-0.4, -0.2) is 37.7 Å². The van der Waals surface area contributed by atoms with Crippen LogP contribution in [0.15, 0.2) is 45.6 Å². The molecule has 0 saturated carbocycles. The number of amides is 1. The van der Waals surface area contributed by atoms with Gasteiger partial charge in [-0.25, -0.2) is 0 Å². The molecule has 0 N–H and O–H groups in total. The van der Waals surface area contributed by atoms with Crippen molar-refractivity contribution in [2.75, 3.05) is 26.9 Å². The van der Waals surface area contributed by atoms with Crippen molar-refractivity contribution in [1.82, 2.24) is 4.90 Å². The van der Waals surface area contributed by atoms with Gasteiger partial charge in [0.25, 0.3) is 5.91 Å². The summed E-state index contributed by atoms with van der Waals surface area (Å²) in [6.45, 7) is 5.26. The van der Waals surface area contributed by atoms with E-state index in [1.54, 1.807) is 24.1 Å². The van der Waals surface area contributed by atoms with E-state index in [4.69, 9.17) is 25.5 Å². The highest BCUT2D eigenvalue weighted by Crippen LogP contribution is 2.39. The van der Waals surface area contributed by atoms with Gasteiger partial charge in [0.2, 0.25) is 5.76 Å². The molecule has 0 aliphatic carbocycles. The zero-order valence-corrected chi connectivity index (χ0v) is 19.2. The van der Waals surface area contributed by atoms with Crippen LogP contribution in [0.25, 0.3) is 11.0 Å². The number of hydrogen-bond acceptors (Lipinski definition) is 5. The van der Waals surface area contributed by atoms with Gasteiger partial charge in [0.1, 0.15) is 11.3 Å². The fourth-order valence-corrected chi connectivity index (χ4v) is 4.15. The number of rotatable bonds is 8. The monoisotopic (exact) mass is 455 g/mol. The van der Waals surface area contributed by atoms with Crippen LogP contribution in [-0.2, 0) is 4.74 Å². The lowest BCUT2D eigenvalue weighted by Crippen LogP contribution is -2.32. The number of nitrogens with zero attached hydrogens (tertiary/aromatic N) is 1. The SMILES string of the molecule is CCCCOc1ccc(C2c3c(oc4cc(C)c(Cl)cc4c3=O)C(=O)N2CCOC)cc1. The molecule has 6 nitrogen and oxygen atoms in total. The number of halogens is 1. The van der Waals surface area contributed by atoms with Gasteiger partial charge >= 0.3 is 0 Å². The second-order valence-corrected chi connectivity index (χ2v) is 8.34. The van der Waals surface area contributed by atoms with Crippen LogP contribution in [0.3, 0.4) is 0 Å². The molecule has 0 bridgehead atoms. The molecule has 1 aromatic heterocycles. The van der Waals surface area contributed by atoms with Crippen LogP contribution in [0.2, 0.25) is 5.02 Å². The molecule has 1 unspecified atom stereocenters. The molecule has 1 amide bonds. The molecule has 1 aliphatic rings. The molecule has 7 heteroatoms. The van der Waals surface area contributed by atoms with Crippen LogP contribution < -0.4 is 10.2 Å². The molecule has 32 heavy (non-hydrogen) atoms. The van der Waals surface area contributed by atoms with Crippen molar-refractivity contribution in [3.63, 3.8) is 0 Å². The van der Waals surface area contributed by atoms with Gasteiger partial charge in [-0.2, -0.15) is 0 Å². The maximum atomic E-state index is 13.5. The number of benzene rings is 2. The van der Waals surface area contributed by atoms with Crippen LogP contribution in [0.5, 0.6) is 5.75 Å². The number of fused-ring (bicyclic) bond motifs is 2. The van der Waals surface area contributed by atoms with Gasteiger partial charge in [0.15, 0.2) is 5.43 Å². The topological polar surface area (TPSA) is 69.0 Å². The summed E-state index contributed by atoms with van der Waals surface area (Å²) in [7, 11) is 1.58. The molecule has 0 saturated heterocycles. The van der Waals surface area contributed by atoms with Gasteiger partial charge in [0, 0.05) is 18.7 Å². The van der Waals surface area contributed by atoms with Crippen LogP contribution in [0, 0.1) is 6.92 Å². The lowest BCUT2D eigenvalue weighted by Gasteiger charge is -2.25. The molecule has 4 rings (SSSR count). The van der Waals surface area contributed by atoms with Crippen molar-refractivity contribution in [3.05, 3.63) is 74.1 Å². The first-order chi connectivity index (χ1) is 15.5. The second-order valence-electron chi connectivity index (χ2n) is 7.94. The molecular formula is C25H26ClNO5. The summed E-state index contributed by atoms with van der Waals surface area (Å²) in [5, 5.41) is 0.848. The third-order valence-electron chi connectivity index (χ3n) is 5.75. The second kappa shape index (κ2) is 9.35. The molecule has 0 spiro atoms. The van der Waals surface area contributed by atoms with Crippen LogP contribution in [0.1, 0.15) is 53.1 Å². The predicted molar refractivity (Wildman–Crippen MR) is 124 cm³/mol. The number of aryl methyl sites for hydroxylation is 1. The van der Waals surface area contributed by atoms with E-state index in [0.29, 0.717) is 41.3 Å². The lowest BCUT2D eigenvalue weighted by molar-refractivity contribution is 0.0663. The fraction of sp³-hybridized carbons (Fsp3) is 0.360. The van der Waals surface area contributed by atoms with E-state index in [1.165, 1.54) is 0 Å². The van der Waals surface area contributed by atoms with E-state index >= 15 is 0 Å². The zero-order valence-electron chi connectivity index (χ0n) is 18.4. The maximum absolute atomic E-state index is 13.5. The zero-order chi connectivity index (χ0) is 22.8. The van der Waals surface area contributed by atoms with Crippen molar-refractivity contribution < 1.29 is 18.7 Å². The Kier molecular flexibility index (Phi) is 6.53. The predicted octanol–water partition coefficient (Wildman–Crippen LogP) is 5.13. The van der Waals surface area contributed by atoms with Crippen molar-refractivity contribution in [2.24, 2.45) is 0 Å². The van der Waals surface area contributed by atoms with E-state index in [0.717, 1.165) is 29.7 Å². The lowest BCUT2D eigenvalue weighted by atomic mass is 9.98. The Bertz CT molecular complexity index is 1200. The van der Waals surface area contributed by atoms with Crippen molar-refractivity contribution in [3.8, 4) is 5.75 Å². The molecule has 168 valence electrons. The largest absolute Gasteiger partial charge is 0.494 e.